The number of hydrogen-bond donors (Lipinski definition) is 1. The van der Waals surface area contributed by atoms with Gasteiger partial charge in [0.25, 0.3) is 0 Å². The molecule has 0 saturated carbocycles. The van der Waals surface area contributed by atoms with E-state index in [0.29, 0.717) is 30.7 Å². The second-order valence-electron chi connectivity index (χ2n) is 8.56. The van der Waals surface area contributed by atoms with Crippen molar-refractivity contribution in [2.75, 3.05) is 18.4 Å². The van der Waals surface area contributed by atoms with E-state index in [1.807, 2.05) is 38.1 Å². The Morgan fingerprint density at radius 1 is 1.09 bits per heavy atom. The first-order valence-electron chi connectivity index (χ1n) is 11.1. The van der Waals surface area contributed by atoms with E-state index in [1.165, 1.54) is 6.33 Å². The standard InChI is InChI=1S/C23H30N6O3/c1-15(2)27-17-5-7-18(8-6-17)29-21-20(13-26-29)22(25-14-24-21)32-19-9-11-28(12-10-19)23(30)31-16(3)4/h5-8,13-16,19,27H,9-12H2,1-4H3. The Bertz CT molecular complexity index is 1060. The van der Waals surface area contributed by atoms with E-state index in [9.17, 15) is 4.79 Å². The molecule has 0 radical (unpaired) electrons. The molecule has 0 bridgehead atoms. The third-order valence-corrected chi connectivity index (χ3v) is 5.21. The molecule has 1 fully saturated rings. The maximum absolute atomic E-state index is 12.1. The van der Waals surface area contributed by atoms with Gasteiger partial charge in [0.1, 0.15) is 17.8 Å². The average Bonchev–Trinajstić information content (AvgIpc) is 3.19. The number of nitrogens with one attached hydrogen (secondary N) is 1. The van der Waals surface area contributed by atoms with Crippen molar-refractivity contribution in [3.05, 3.63) is 36.8 Å². The molecule has 1 aliphatic rings. The van der Waals surface area contributed by atoms with Crippen LogP contribution in [0.2, 0.25) is 0 Å². The Labute approximate surface area is 187 Å². The zero-order valence-electron chi connectivity index (χ0n) is 19.0. The smallest absolute Gasteiger partial charge is 0.410 e. The highest BCUT2D eigenvalue weighted by atomic mass is 16.6. The van der Waals surface area contributed by atoms with E-state index in [1.54, 1.807) is 15.8 Å². The highest BCUT2D eigenvalue weighted by Crippen LogP contribution is 2.26. The van der Waals surface area contributed by atoms with Crippen molar-refractivity contribution in [3.8, 4) is 11.6 Å². The Morgan fingerprint density at radius 3 is 2.47 bits per heavy atom. The Hall–Kier alpha value is -3.36. The van der Waals surface area contributed by atoms with Gasteiger partial charge in [0.05, 0.1) is 18.0 Å². The van der Waals surface area contributed by atoms with Crippen molar-refractivity contribution in [3.63, 3.8) is 0 Å². The monoisotopic (exact) mass is 438 g/mol. The van der Waals surface area contributed by atoms with Crippen molar-refractivity contribution in [1.29, 1.82) is 0 Å². The fourth-order valence-corrected chi connectivity index (χ4v) is 3.73. The van der Waals surface area contributed by atoms with E-state index in [-0.39, 0.29) is 18.3 Å². The predicted molar refractivity (Wildman–Crippen MR) is 122 cm³/mol. The molecule has 3 heterocycles. The van der Waals surface area contributed by atoms with E-state index < -0.39 is 0 Å². The molecule has 0 atom stereocenters. The summed E-state index contributed by atoms with van der Waals surface area (Å²) in [5.41, 5.74) is 2.66. The van der Waals surface area contributed by atoms with E-state index in [4.69, 9.17) is 9.47 Å². The molecule has 32 heavy (non-hydrogen) atoms. The van der Waals surface area contributed by atoms with Crippen LogP contribution >= 0.6 is 0 Å². The van der Waals surface area contributed by atoms with E-state index >= 15 is 0 Å². The van der Waals surface area contributed by atoms with Gasteiger partial charge in [-0.05, 0) is 52.0 Å². The summed E-state index contributed by atoms with van der Waals surface area (Å²) in [5, 5.41) is 8.66. The first kappa shape index (κ1) is 21.9. The number of aromatic nitrogens is 4. The molecule has 170 valence electrons. The number of benzene rings is 1. The lowest BCUT2D eigenvalue weighted by Crippen LogP contribution is -2.42. The number of amides is 1. The summed E-state index contributed by atoms with van der Waals surface area (Å²) in [6.07, 6.45) is 4.26. The number of nitrogens with zero attached hydrogens (tertiary/aromatic N) is 5. The second kappa shape index (κ2) is 9.42. The first-order valence-corrected chi connectivity index (χ1v) is 11.1. The molecule has 9 nitrogen and oxygen atoms in total. The molecule has 3 aromatic rings. The quantitative estimate of drug-likeness (QED) is 0.621. The lowest BCUT2D eigenvalue weighted by atomic mass is 10.1. The molecule has 4 rings (SSSR count). The zero-order valence-corrected chi connectivity index (χ0v) is 19.0. The van der Waals surface area contributed by atoms with Gasteiger partial charge in [-0.1, -0.05) is 0 Å². The molecule has 0 aliphatic carbocycles. The molecular formula is C23H30N6O3. The van der Waals surface area contributed by atoms with Gasteiger partial charge >= 0.3 is 6.09 Å². The van der Waals surface area contributed by atoms with Crippen molar-refractivity contribution in [2.24, 2.45) is 0 Å². The Balaban J connectivity index is 1.45. The summed E-state index contributed by atoms with van der Waals surface area (Å²) < 4.78 is 13.3. The number of carbonyl (C=O) groups excluding carboxylic acids is 1. The van der Waals surface area contributed by atoms with Crippen molar-refractivity contribution in [1.82, 2.24) is 24.6 Å². The fourth-order valence-electron chi connectivity index (χ4n) is 3.73. The molecule has 1 amide bonds. The SMILES string of the molecule is CC(C)Nc1ccc(-n2ncc3c(OC4CCN(C(=O)OC(C)C)CC4)ncnc32)cc1. The summed E-state index contributed by atoms with van der Waals surface area (Å²) in [7, 11) is 0. The summed E-state index contributed by atoms with van der Waals surface area (Å²) in [6, 6.07) is 8.43. The molecule has 1 saturated heterocycles. The van der Waals surface area contributed by atoms with Gasteiger partial charge in [-0.15, -0.1) is 0 Å². The number of likely N-dealkylation sites (tertiary alicyclic amines) is 1. The van der Waals surface area contributed by atoms with Crippen molar-refractivity contribution in [2.45, 2.75) is 58.8 Å². The van der Waals surface area contributed by atoms with Gasteiger partial charge in [-0.3, -0.25) is 0 Å². The highest BCUT2D eigenvalue weighted by Gasteiger charge is 2.26. The number of anilines is 1. The van der Waals surface area contributed by atoms with Gasteiger partial charge in [0, 0.05) is 37.7 Å². The van der Waals surface area contributed by atoms with Crippen LogP contribution in [0.3, 0.4) is 0 Å². The highest BCUT2D eigenvalue weighted by molar-refractivity contribution is 5.81. The molecule has 1 aromatic carbocycles. The van der Waals surface area contributed by atoms with Crippen LogP contribution in [0.25, 0.3) is 16.7 Å². The molecule has 0 unspecified atom stereocenters. The minimum Gasteiger partial charge on any atom is -0.474 e. The van der Waals surface area contributed by atoms with Crippen LogP contribution in [-0.4, -0.2) is 62.1 Å². The summed E-state index contributed by atoms with van der Waals surface area (Å²) in [4.78, 5) is 22.6. The number of rotatable bonds is 6. The average molecular weight is 439 g/mol. The third-order valence-electron chi connectivity index (χ3n) is 5.21. The van der Waals surface area contributed by atoms with E-state index in [2.05, 4.69) is 34.2 Å². The fraction of sp³-hybridized carbons (Fsp3) is 0.478. The third kappa shape index (κ3) is 4.92. The van der Waals surface area contributed by atoms with E-state index in [0.717, 1.165) is 29.6 Å². The molecule has 9 heteroatoms. The predicted octanol–water partition coefficient (Wildman–Crippen LogP) is 4.02. The number of carbonyl (C=O) groups is 1. The summed E-state index contributed by atoms with van der Waals surface area (Å²) >= 11 is 0. The number of ether oxygens (including phenoxy) is 2. The van der Waals surface area contributed by atoms with Crippen molar-refractivity contribution >= 4 is 22.8 Å². The van der Waals surface area contributed by atoms with Gasteiger partial charge in [0.15, 0.2) is 5.65 Å². The van der Waals surface area contributed by atoms with Gasteiger partial charge in [0.2, 0.25) is 5.88 Å². The Morgan fingerprint density at radius 2 is 1.81 bits per heavy atom. The topological polar surface area (TPSA) is 94.4 Å². The van der Waals surface area contributed by atoms with Gasteiger partial charge in [-0.2, -0.15) is 5.10 Å². The molecule has 1 aliphatic heterocycles. The van der Waals surface area contributed by atoms with Crippen LogP contribution in [0, 0.1) is 0 Å². The molecular weight excluding hydrogens is 408 g/mol. The van der Waals surface area contributed by atoms with Crippen LogP contribution < -0.4 is 10.1 Å². The number of hydrogen-bond acceptors (Lipinski definition) is 7. The maximum atomic E-state index is 12.1. The van der Waals surface area contributed by atoms with Crippen LogP contribution in [0.15, 0.2) is 36.8 Å². The zero-order chi connectivity index (χ0) is 22.7. The second-order valence-corrected chi connectivity index (χ2v) is 8.56. The lowest BCUT2D eigenvalue weighted by molar-refractivity contribution is 0.0511. The summed E-state index contributed by atoms with van der Waals surface area (Å²) in [5.74, 6) is 0.516. The van der Waals surface area contributed by atoms with Crippen LogP contribution in [0.1, 0.15) is 40.5 Å². The normalized spacial score (nSPS) is 14.9. The number of fused-ring (bicyclic) bond motifs is 1. The number of piperidine rings is 1. The summed E-state index contributed by atoms with van der Waals surface area (Å²) in [6.45, 7) is 9.11. The maximum Gasteiger partial charge on any atom is 0.410 e. The Kier molecular flexibility index (Phi) is 6.43. The minimum absolute atomic E-state index is 0.0269. The van der Waals surface area contributed by atoms with Gasteiger partial charge in [-0.25, -0.2) is 19.4 Å². The van der Waals surface area contributed by atoms with Crippen LogP contribution in [-0.2, 0) is 4.74 Å². The largest absolute Gasteiger partial charge is 0.474 e. The van der Waals surface area contributed by atoms with Crippen LogP contribution in [0.5, 0.6) is 5.88 Å². The molecule has 1 N–H and O–H groups in total. The minimum atomic E-state index is -0.265. The molecule has 0 spiro atoms. The van der Waals surface area contributed by atoms with Crippen LogP contribution in [0.4, 0.5) is 10.5 Å². The van der Waals surface area contributed by atoms with Gasteiger partial charge < -0.3 is 19.7 Å². The lowest BCUT2D eigenvalue weighted by Gasteiger charge is -2.31. The van der Waals surface area contributed by atoms with Crippen molar-refractivity contribution < 1.29 is 14.3 Å². The molecule has 2 aromatic heterocycles. The first-order chi connectivity index (χ1) is 15.4.